The second-order valence-electron chi connectivity index (χ2n) is 5.35. The smallest absolute Gasteiger partial charge is 0.0269 e. The van der Waals surface area contributed by atoms with Crippen LogP contribution in [-0.4, -0.2) is 26.2 Å². The molecule has 0 aromatic heterocycles. The first-order chi connectivity index (χ1) is 10.7. The van der Waals surface area contributed by atoms with Gasteiger partial charge in [0.1, 0.15) is 0 Å². The quantitative estimate of drug-likeness (QED) is 0.359. The van der Waals surface area contributed by atoms with Crippen LogP contribution in [0.3, 0.4) is 0 Å². The zero-order chi connectivity index (χ0) is 16.6. The molecule has 3 heteroatoms. The molecule has 0 aromatic carbocycles. The molecule has 0 saturated heterocycles. The van der Waals surface area contributed by atoms with Crippen LogP contribution in [0.5, 0.6) is 0 Å². The van der Waals surface area contributed by atoms with Gasteiger partial charge in [-0.1, -0.05) is 57.6 Å². The molecule has 0 heterocycles. The van der Waals surface area contributed by atoms with Crippen LogP contribution in [-0.2, 0) is 0 Å². The first-order valence-electron chi connectivity index (χ1n) is 8.56. The summed E-state index contributed by atoms with van der Waals surface area (Å²) in [5, 5.41) is 6.61. The molecule has 0 radical (unpaired) electrons. The highest BCUT2D eigenvalue weighted by molar-refractivity contribution is 5.25. The number of hydrogen-bond acceptors (Lipinski definition) is 3. The topological polar surface area (TPSA) is 50.1 Å². The molecule has 4 N–H and O–H groups in total. The second-order valence-corrected chi connectivity index (χ2v) is 5.35. The summed E-state index contributed by atoms with van der Waals surface area (Å²) in [4.78, 5) is 0. The van der Waals surface area contributed by atoms with Crippen molar-refractivity contribution in [2.24, 2.45) is 5.73 Å². The van der Waals surface area contributed by atoms with Gasteiger partial charge in [-0.2, -0.15) is 0 Å². The Kier molecular flexibility index (Phi) is 13.7. The maximum Gasteiger partial charge on any atom is 0.0269 e. The number of nitrogens with two attached hydrogens (primary N) is 1. The van der Waals surface area contributed by atoms with Crippen LogP contribution < -0.4 is 16.4 Å². The molecule has 0 rings (SSSR count). The summed E-state index contributed by atoms with van der Waals surface area (Å²) in [6.07, 6.45) is 13.4. The number of nitrogens with one attached hydrogen (secondary N) is 2. The monoisotopic (exact) mass is 305 g/mol. The maximum absolute atomic E-state index is 5.44. The van der Waals surface area contributed by atoms with E-state index < -0.39 is 0 Å². The Morgan fingerprint density at radius 3 is 2.50 bits per heavy atom. The highest BCUT2D eigenvalue weighted by atomic mass is 14.9. The summed E-state index contributed by atoms with van der Waals surface area (Å²) in [5.74, 6) is 0. The molecule has 0 bridgehead atoms. The Bertz CT molecular complexity index is 372. The fourth-order valence-electron chi connectivity index (χ4n) is 2.02. The average Bonchev–Trinajstić information content (AvgIpc) is 2.54. The Morgan fingerprint density at radius 1 is 1.18 bits per heavy atom. The fourth-order valence-corrected chi connectivity index (χ4v) is 2.02. The Hall–Kier alpha value is -1.32. The lowest BCUT2D eigenvalue weighted by molar-refractivity contribution is 0.803. The van der Waals surface area contributed by atoms with Crippen molar-refractivity contribution in [3.05, 3.63) is 47.7 Å². The van der Waals surface area contributed by atoms with Crippen LogP contribution >= 0.6 is 0 Å². The number of allylic oxidation sites excluding steroid dienone is 3. The van der Waals surface area contributed by atoms with Gasteiger partial charge in [0.25, 0.3) is 0 Å². The summed E-state index contributed by atoms with van der Waals surface area (Å²) in [6.45, 7) is 13.7. The minimum Gasteiger partial charge on any atom is -0.384 e. The second kappa shape index (κ2) is 14.6. The molecule has 0 aliphatic rings. The van der Waals surface area contributed by atoms with Crippen LogP contribution in [0.2, 0.25) is 0 Å². The molecule has 3 nitrogen and oxygen atoms in total. The third kappa shape index (κ3) is 11.4. The van der Waals surface area contributed by atoms with E-state index in [1.165, 1.54) is 17.6 Å². The van der Waals surface area contributed by atoms with E-state index >= 15 is 0 Å². The van der Waals surface area contributed by atoms with E-state index in [4.69, 9.17) is 5.73 Å². The molecule has 0 aromatic rings. The van der Waals surface area contributed by atoms with Crippen molar-refractivity contribution >= 4 is 0 Å². The third-order valence-electron chi connectivity index (χ3n) is 3.40. The van der Waals surface area contributed by atoms with E-state index in [2.05, 4.69) is 56.2 Å². The van der Waals surface area contributed by atoms with Gasteiger partial charge in [0.15, 0.2) is 0 Å². The van der Waals surface area contributed by atoms with E-state index in [1.54, 1.807) is 0 Å². The van der Waals surface area contributed by atoms with E-state index in [0.717, 1.165) is 44.6 Å². The summed E-state index contributed by atoms with van der Waals surface area (Å²) in [5.41, 5.74) is 9.26. The molecule has 0 unspecified atom stereocenters. The van der Waals surface area contributed by atoms with Gasteiger partial charge >= 0.3 is 0 Å². The van der Waals surface area contributed by atoms with Crippen molar-refractivity contribution in [2.45, 2.75) is 46.5 Å². The van der Waals surface area contributed by atoms with Crippen molar-refractivity contribution in [1.82, 2.24) is 10.6 Å². The maximum atomic E-state index is 5.44. The zero-order valence-corrected chi connectivity index (χ0v) is 14.8. The van der Waals surface area contributed by atoms with Crippen molar-refractivity contribution in [3.8, 4) is 0 Å². The van der Waals surface area contributed by atoms with Crippen LogP contribution in [0.1, 0.15) is 46.5 Å². The standard InChI is InChI=1S/C19H35N3/c1-5-8-11-19(15-18(6-2)7-3)16-21-13-9-10-17(4)22-14-12-20/h9-11,15,21-22H,4-8,12-14,16,20H2,1-3H3/b10-9+,19-11+. The number of unbranched alkanes of at least 4 members (excludes halogenated alkanes) is 1. The largest absolute Gasteiger partial charge is 0.384 e. The van der Waals surface area contributed by atoms with Crippen LogP contribution in [0.25, 0.3) is 0 Å². The molecule has 0 saturated carbocycles. The predicted octanol–water partition coefficient (Wildman–Crippen LogP) is 3.67. The van der Waals surface area contributed by atoms with Crippen molar-refractivity contribution in [3.63, 3.8) is 0 Å². The summed E-state index contributed by atoms with van der Waals surface area (Å²) < 4.78 is 0. The molecule has 0 aliphatic carbocycles. The lowest BCUT2D eigenvalue weighted by Crippen LogP contribution is -2.21. The highest BCUT2D eigenvalue weighted by Gasteiger charge is 1.96. The van der Waals surface area contributed by atoms with Gasteiger partial charge in [-0.15, -0.1) is 0 Å². The van der Waals surface area contributed by atoms with Gasteiger partial charge in [-0.3, -0.25) is 0 Å². The summed E-state index contributed by atoms with van der Waals surface area (Å²) in [7, 11) is 0. The third-order valence-corrected chi connectivity index (χ3v) is 3.40. The zero-order valence-electron chi connectivity index (χ0n) is 14.8. The molecule has 22 heavy (non-hydrogen) atoms. The Morgan fingerprint density at radius 2 is 1.91 bits per heavy atom. The minimum atomic E-state index is 0.625. The Balaban J connectivity index is 4.27. The number of rotatable bonds is 13. The van der Waals surface area contributed by atoms with Crippen molar-refractivity contribution in [2.75, 3.05) is 26.2 Å². The van der Waals surface area contributed by atoms with E-state index in [1.807, 2.05) is 6.08 Å². The molecule has 0 amide bonds. The van der Waals surface area contributed by atoms with Gasteiger partial charge in [0.2, 0.25) is 0 Å². The van der Waals surface area contributed by atoms with Crippen LogP contribution in [0.15, 0.2) is 47.7 Å². The van der Waals surface area contributed by atoms with E-state index in [0.29, 0.717) is 6.54 Å². The minimum absolute atomic E-state index is 0.625. The highest BCUT2D eigenvalue weighted by Crippen LogP contribution is 2.11. The first kappa shape index (κ1) is 20.7. The molecule has 0 fully saturated rings. The first-order valence-corrected chi connectivity index (χ1v) is 8.56. The van der Waals surface area contributed by atoms with Crippen LogP contribution in [0.4, 0.5) is 0 Å². The van der Waals surface area contributed by atoms with Gasteiger partial charge in [-0.05, 0) is 30.9 Å². The van der Waals surface area contributed by atoms with Gasteiger partial charge in [0, 0.05) is 31.9 Å². The average molecular weight is 306 g/mol. The normalized spacial score (nSPS) is 11.7. The van der Waals surface area contributed by atoms with Gasteiger partial charge in [0.05, 0.1) is 0 Å². The molecule has 0 atom stereocenters. The molecule has 0 aliphatic heterocycles. The van der Waals surface area contributed by atoms with Crippen LogP contribution in [0, 0.1) is 0 Å². The fraction of sp³-hybridized carbons (Fsp3) is 0.579. The van der Waals surface area contributed by atoms with Gasteiger partial charge < -0.3 is 16.4 Å². The molecular weight excluding hydrogens is 270 g/mol. The molecule has 0 spiro atoms. The SMILES string of the molecule is C=C(/C=C/CNC/C(C=C(CC)CC)=C/CCC)NCCN. The van der Waals surface area contributed by atoms with Crippen molar-refractivity contribution in [1.29, 1.82) is 0 Å². The predicted molar refractivity (Wildman–Crippen MR) is 99.9 cm³/mol. The van der Waals surface area contributed by atoms with Crippen molar-refractivity contribution < 1.29 is 0 Å². The number of hydrogen-bond donors (Lipinski definition) is 3. The molecule has 126 valence electrons. The lowest BCUT2D eigenvalue weighted by atomic mass is 10.1. The summed E-state index contributed by atoms with van der Waals surface area (Å²) >= 11 is 0. The van der Waals surface area contributed by atoms with E-state index in [9.17, 15) is 0 Å². The lowest BCUT2D eigenvalue weighted by Gasteiger charge is -2.07. The van der Waals surface area contributed by atoms with E-state index in [-0.39, 0.29) is 0 Å². The van der Waals surface area contributed by atoms with Gasteiger partial charge in [-0.25, -0.2) is 0 Å². The Labute approximate surface area is 137 Å². The summed E-state index contributed by atoms with van der Waals surface area (Å²) in [6, 6.07) is 0. The molecular formula is C19H35N3.